The Kier molecular flexibility index (Phi) is 4.07. The topological polar surface area (TPSA) is 38.3 Å². The fourth-order valence-corrected chi connectivity index (χ4v) is 1.50. The molecule has 1 aromatic rings. The third-order valence-corrected chi connectivity index (χ3v) is 2.11. The summed E-state index contributed by atoms with van der Waals surface area (Å²) in [7, 11) is 0. The molecule has 16 heavy (non-hydrogen) atoms. The molecule has 0 unspecified atom stereocenters. The Morgan fingerprint density at radius 1 is 1.25 bits per heavy atom. The predicted molar refractivity (Wildman–Crippen MR) is 64.4 cm³/mol. The minimum absolute atomic E-state index is 0.235. The molecular weight excluding hydrogens is 202 g/mol. The van der Waals surface area contributed by atoms with E-state index < -0.39 is 5.54 Å². The van der Waals surface area contributed by atoms with Crippen LogP contribution < -0.4 is 10.1 Å². The van der Waals surface area contributed by atoms with Crippen molar-refractivity contribution >= 4 is 5.97 Å². The molecular formula is C13H19NO2. The van der Waals surface area contributed by atoms with Gasteiger partial charge in [0.1, 0.15) is 11.3 Å². The van der Waals surface area contributed by atoms with Crippen molar-refractivity contribution in [2.24, 2.45) is 0 Å². The number of ether oxygens (including phenoxy) is 1. The second-order valence-electron chi connectivity index (χ2n) is 4.63. The van der Waals surface area contributed by atoms with Crippen LogP contribution in [0.5, 0.6) is 5.75 Å². The highest BCUT2D eigenvalue weighted by molar-refractivity contribution is 5.82. The fraction of sp³-hybridized carbons (Fsp3) is 0.462. The van der Waals surface area contributed by atoms with Crippen LogP contribution in [0.1, 0.15) is 27.7 Å². The van der Waals surface area contributed by atoms with Gasteiger partial charge in [0, 0.05) is 6.04 Å². The summed E-state index contributed by atoms with van der Waals surface area (Å²) < 4.78 is 5.28. The van der Waals surface area contributed by atoms with Crippen molar-refractivity contribution < 1.29 is 9.53 Å². The molecule has 0 spiro atoms. The van der Waals surface area contributed by atoms with Gasteiger partial charge in [-0.2, -0.15) is 0 Å². The normalized spacial score (nSPS) is 11.6. The third-order valence-electron chi connectivity index (χ3n) is 2.11. The number of nitrogens with one attached hydrogen (secondary N) is 1. The van der Waals surface area contributed by atoms with Crippen LogP contribution in [0.15, 0.2) is 30.3 Å². The maximum absolute atomic E-state index is 11.9. The molecule has 0 aromatic heterocycles. The zero-order valence-electron chi connectivity index (χ0n) is 10.3. The Labute approximate surface area is 96.8 Å². The number of hydrogen-bond acceptors (Lipinski definition) is 3. The minimum atomic E-state index is -0.677. The highest BCUT2D eigenvalue weighted by Crippen LogP contribution is 2.13. The van der Waals surface area contributed by atoms with E-state index in [9.17, 15) is 4.79 Å². The maximum atomic E-state index is 11.9. The molecule has 0 bridgehead atoms. The van der Waals surface area contributed by atoms with Gasteiger partial charge in [-0.15, -0.1) is 0 Å². The molecule has 3 heteroatoms. The molecule has 0 atom stereocenters. The molecule has 3 nitrogen and oxygen atoms in total. The SMILES string of the molecule is CC(C)NC(C)(C)C(=O)Oc1ccccc1. The first-order valence-electron chi connectivity index (χ1n) is 5.47. The largest absolute Gasteiger partial charge is 0.425 e. The van der Waals surface area contributed by atoms with E-state index in [4.69, 9.17) is 4.74 Å². The van der Waals surface area contributed by atoms with Crippen LogP contribution in [0.2, 0.25) is 0 Å². The number of para-hydroxylation sites is 1. The highest BCUT2D eigenvalue weighted by atomic mass is 16.5. The zero-order valence-corrected chi connectivity index (χ0v) is 10.3. The van der Waals surface area contributed by atoms with Gasteiger partial charge < -0.3 is 10.1 Å². The number of carbonyl (C=O) groups is 1. The lowest BCUT2D eigenvalue weighted by Crippen LogP contribution is -2.51. The monoisotopic (exact) mass is 221 g/mol. The summed E-state index contributed by atoms with van der Waals surface area (Å²) in [4.78, 5) is 11.9. The fourth-order valence-electron chi connectivity index (χ4n) is 1.50. The molecule has 1 rings (SSSR count). The summed E-state index contributed by atoms with van der Waals surface area (Å²) >= 11 is 0. The van der Waals surface area contributed by atoms with E-state index in [1.54, 1.807) is 12.1 Å². The van der Waals surface area contributed by atoms with E-state index in [1.807, 2.05) is 45.9 Å². The maximum Gasteiger partial charge on any atom is 0.331 e. The van der Waals surface area contributed by atoms with Gasteiger partial charge in [0.05, 0.1) is 0 Å². The van der Waals surface area contributed by atoms with Crippen LogP contribution in [-0.4, -0.2) is 17.6 Å². The van der Waals surface area contributed by atoms with Crippen LogP contribution in [0, 0.1) is 0 Å². The van der Waals surface area contributed by atoms with Crippen molar-refractivity contribution in [3.8, 4) is 5.75 Å². The molecule has 88 valence electrons. The molecule has 0 fully saturated rings. The first-order chi connectivity index (χ1) is 7.42. The Balaban J connectivity index is 2.65. The van der Waals surface area contributed by atoms with Gasteiger partial charge in [-0.25, -0.2) is 4.79 Å². The van der Waals surface area contributed by atoms with E-state index in [2.05, 4.69) is 5.32 Å². The molecule has 0 aliphatic rings. The smallest absolute Gasteiger partial charge is 0.331 e. The van der Waals surface area contributed by atoms with Crippen molar-refractivity contribution in [2.45, 2.75) is 39.3 Å². The summed E-state index contributed by atoms with van der Waals surface area (Å²) in [6.07, 6.45) is 0. The van der Waals surface area contributed by atoms with Crippen LogP contribution in [0.3, 0.4) is 0 Å². The van der Waals surface area contributed by atoms with Crippen molar-refractivity contribution in [3.05, 3.63) is 30.3 Å². The lowest BCUT2D eigenvalue weighted by molar-refractivity contribution is -0.140. The highest BCUT2D eigenvalue weighted by Gasteiger charge is 2.30. The van der Waals surface area contributed by atoms with Gasteiger partial charge in [-0.05, 0) is 39.8 Å². The number of benzene rings is 1. The lowest BCUT2D eigenvalue weighted by Gasteiger charge is -2.26. The number of rotatable bonds is 4. The molecule has 0 saturated heterocycles. The van der Waals surface area contributed by atoms with Crippen molar-refractivity contribution in [1.82, 2.24) is 5.32 Å². The summed E-state index contributed by atoms with van der Waals surface area (Å²) in [6.45, 7) is 7.63. The van der Waals surface area contributed by atoms with Crippen molar-refractivity contribution in [2.75, 3.05) is 0 Å². The summed E-state index contributed by atoms with van der Waals surface area (Å²) in [6, 6.07) is 9.33. The zero-order chi connectivity index (χ0) is 12.2. The molecule has 0 heterocycles. The van der Waals surface area contributed by atoms with Crippen LogP contribution in [0.25, 0.3) is 0 Å². The summed E-state index contributed by atoms with van der Waals surface area (Å²) in [5, 5.41) is 3.16. The Hall–Kier alpha value is -1.35. The standard InChI is InChI=1S/C13H19NO2/c1-10(2)14-13(3,4)12(15)16-11-8-6-5-7-9-11/h5-10,14H,1-4H3. The molecule has 1 aromatic carbocycles. The van der Waals surface area contributed by atoms with E-state index in [-0.39, 0.29) is 12.0 Å². The van der Waals surface area contributed by atoms with E-state index >= 15 is 0 Å². The Morgan fingerprint density at radius 3 is 2.31 bits per heavy atom. The lowest BCUT2D eigenvalue weighted by atomic mass is 10.1. The van der Waals surface area contributed by atoms with Crippen molar-refractivity contribution in [1.29, 1.82) is 0 Å². The van der Waals surface area contributed by atoms with Gasteiger partial charge in [0.2, 0.25) is 0 Å². The van der Waals surface area contributed by atoms with Crippen LogP contribution in [-0.2, 0) is 4.79 Å². The van der Waals surface area contributed by atoms with Crippen molar-refractivity contribution in [3.63, 3.8) is 0 Å². The Bertz CT molecular complexity index is 344. The number of hydrogen-bond donors (Lipinski definition) is 1. The molecule has 0 aliphatic heterocycles. The average molecular weight is 221 g/mol. The van der Waals surface area contributed by atoms with Crippen LogP contribution in [0.4, 0.5) is 0 Å². The van der Waals surface area contributed by atoms with Gasteiger partial charge in [-0.1, -0.05) is 18.2 Å². The molecule has 1 N–H and O–H groups in total. The van der Waals surface area contributed by atoms with E-state index in [0.717, 1.165) is 0 Å². The number of esters is 1. The first-order valence-corrected chi connectivity index (χ1v) is 5.47. The number of carbonyl (C=O) groups excluding carboxylic acids is 1. The quantitative estimate of drug-likeness (QED) is 0.626. The first kappa shape index (κ1) is 12.7. The molecule has 0 aliphatic carbocycles. The Morgan fingerprint density at radius 2 is 1.81 bits per heavy atom. The van der Waals surface area contributed by atoms with Gasteiger partial charge in [0.15, 0.2) is 0 Å². The molecule has 0 amide bonds. The second-order valence-corrected chi connectivity index (χ2v) is 4.63. The summed E-state index contributed by atoms with van der Waals surface area (Å²) in [5.74, 6) is 0.304. The van der Waals surface area contributed by atoms with E-state index in [1.165, 1.54) is 0 Å². The second kappa shape index (κ2) is 5.12. The third kappa shape index (κ3) is 3.66. The van der Waals surface area contributed by atoms with E-state index in [0.29, 0.717) is 5.75 Å². The van der Waals surface area contributed by atoms with Gasteiger partial charge >= 0.3 is 5.97 Å². The van der Waals surface area contributed by atoms with Gasteiger partial charge in [0.25, 0.3) is 0 Å². The predicted octanol–water partition coefficient (Wildman–Crippen LogP) is 2.37. The minimum Gasteiger partial charge on any atom is -0.425 e. The van der Waals surface area contributed by atoms with Crippen LogP contribution >= 0.6 is 0 Å². The molecule has 0 radical (unpaired) electrons. The van der Waals surface area contributed by atoms with Gasteiger partial charge in [-0.3, -0.25) is 0 Å². The average Bonchev–Trinajstić information content (AvgIpc) is 2.17. The summed E-state index contributed by atoms with van der Waals surface area (Å²) in [5.41, 5.74) is -0.677. The molecule has 0 saturated carbocycles.